The van der Waals surface area contributed by atoms with Crippen LogP contribution in [0.5, 0.6) is 0 Å². The van der Waals surface area contributed by atoms with Gasteiger partial charge in [-0.05, 0) is 38.2 Å². The number of sulfonamides is 1. The summed E-state index contributed by atoms with van der Waals surface area (Å²) in [7, 11) is -1.76. The second-order valence-corrected chi connectivity index (χ2v) is 9.63. The van der Waals surface area contributed by atoms with E-state index in [1.165, 1.54) is 35.5 Å². The molecular formula is C23H29N3O4S. The van der Waals surface area contributed by atoms with Crippen molar-refractivity contribution >= 4 is 21.7 Å². The van der Waals surface area contributed by atoms with Crippen LogP contribution in [-0.2, 0) is 14.8 Å². The zero-order valence-corrected chi connectivity index (χ0v) is 19.0. The average molecular weight is 444 g/mol. The Morgan fingerprint density at radius 1 is 0.968 bits per heavy atom. The largest absolute Gasteiger partial charge is 0.338 e. The summed E-state index contributed by atoms with van der Waals surface area (Å²) in [6.07, 6.45) is 0. The topological polar surface area (TPSA) is 78.0 Å². The first-order valence-electron chi connectivity index (χ1n) is 10.4. The monoisotopic (exact) mass is 443 g/mol. The Morgan fingerprint density at radius 3 is 2.06 bits per heavy atom. The van der Waals surface area contributed by atoms with E-state index in [1.807, 2.05) is 49.2 Å². The zero-order valence-electron chi connectivity index (χ0n) is 18.2. The zero-order chi connectivity index (χ0) is 22.6. The molecule has 0 saturated carbocycles. The first-order chi connectivity index (χ1) is 14.8. The van der Waals surface area contributed by atoms with E-state index in [1.54, 1.807) is 4.90 Å². The van der Waals surface area contributed by atoms with Crippen LogP contribution in [0.15, 0.2) is 59.5 Å². The van der Waals surface area contributed by atoms with Crippen LogP contribution in [0.2, 0.25) is 0 Å². The van der Waals surface area contributed by atoms with E-state index >= 15 is 0 Å². The van der Waals surface area contributed by atoms with Crippen LogP contribution in [0.25, 0.3) is 0 Å². The van der Waals surface area contributed by atoms with Gasteiger partial charge in [0, 0.05) is 31.7 Å². The van der Waals surface area contributed by atoms with E-state index < -0.39 is 16.1 Å². The third-order valence-corrected chi connectivity index (χ3v) is 7.65. The first-order valence-corrected chi connectivity index (χ1v) is 11.8. The van der Waals surface area contributed by atoms with Gasteiger partial charge in [-0.3, -0.25) is 14.5 Å². The molecule has 1 aliphatic heterocycles. The van der Waals surface area contributed by atoms with Gasteiger partial charge in [0.25, 0.3) is 0 Å². The van der Waals surface area contributed by atoms with Crippen LogP contribution in [0, 0.1) is 0 Å². The van der Waals surface area contributed by atoms with Gasteiger partial charge in [-0.25, -0.2) is 8.42 Å². The second-order valence-electron chi connectivity index (χ2n) is 7.70. The molecule has 0 spiro atoms. The number of rotatable bonds is 7. The normalized spacial score (nSPS) is 16.3. The van der Waals surface area contributed by atoms with Crippen LogP contribution in [0.3, 0.4) is 0 Å². The minimum absolute atomic E-state index is 0.0154. The predicted molar refractivity (Wildman–Crippen MR) is 119 cm³/mol. The SMILES string of the molecule is CCN(C)C(C(=O)N1CCN(S(=O)(=O)c2ccc(C(C)=O)cc2)CC1)c1ccccc1. The van der Waals surface area contributed by atoms with E-state index in [0.29, 0.717) is 18.7 Å². The van der Waals surface area contributed by atoms with Crippen molar-refractivity contribution in [3.8, 4) is 0 Å². The molecular weight excluding hydrogens is 414 g/mol. The summed E-state index contributed by atoms with van der Waals surface area (Å²) in [6, 6.07) is 15.2. The molecule has 0 aromatic heterocycles. The van der Waals surface area contributed by atoms with Crippen molar-refractivity contribution in [2.75, 3.05) is 39.8 Å². The molecule has 31 heavy (non-hydrogen) atoms. The Hall–Kier alpha value is -2.55. The highest BCUT2D eigenvalue weighted by Crippen LogP contribution is 2.24. The van der Waals surface area contributed by atoms with Crippen LogP contribution >= 0.6 is 0 Å². The van der Waals surface area contributed by atoms with E-state index in [2.05, 4.69) is 0 Å². The Morgan fingerprint density at radius 2 is 1.55 bits per heavy atom. The molecule has 2 aromatic rings. The molecule has 1 unspecified atom stereocenters. The highest BCUT2D eigenvalue weighted by molar-refractivity contribution is 7.89. The number of benzene rings is 2. The van der Waals surface area contributed by atoms with Gasteiger partial charge in [0.1, 0.15) is 6.04 Å². The van der Waals surface area contributed by atoms with Crippen molar-refractivity contribution in [1.82, 2.24) is 14.1 Å². The molecule has 1 aliphatic rings. The molecule has 0 radical (unpaired) electrons. The summed E-state index contributed by atoms with van der Waals surface area (Å²) >= 11 is 0. The molecule has 0 aliphatic carbocycles. The van der Waals surface area contributed by atoms with Gasteiger partial charge < -0.3 is 4.90 Å². The highest BCUT2D eigenvalue weighted by atomic mass is 32.2. The number of hydrogen-bond donors (Lipinski definition) is 0. The lowest BCUT2D eigenvalue weighted by Crippen LogP contribution is -2.53. The summed E-state index contributed by atoms with van der Waals surface area (Å²) in [4.78, 5) is 28.6. The number of carbonyl (C=O) groups excluding carboxylic acids is 2. The van der Waals surface area contributed by atoms with Crippen molar-refractivity contribution in [3.63, 3.8) is 0 Å². The van der Waals surface area contributed by atoms with E-state index in [0.717, 1.165) is 12.1 Å². The summed E-state index contributed by atoms with van der Waals surface area (Å²) in [5, 5.41) is 0. The van der Waals surface area contributed by atoms with Crippen molar-refractivity contribution < 1.29 is 18.0 Å². The van der Waals surface area contributed by atoms with Gasteiger partial charge in [0.2, 0.25) is 15.9 Å². The van der Waals surface area contributed by atoms with Gasteiger partial charge in [-0.1, -0.05) is 49.4 Å². The number of nitrogens with zero attached hydrogens (tertiary/aromatic N) is 3. The lowest BCUT2D eigenvalue weighted by molar-refractivity contribution is -0.138. The molecule has 2 aromatic carbocycles. The maximum Gasteiger partial charge on any atom is 0.244 e. The minimum Gasteiger partial charge on any atom is -0.338 e. The summed E-state index contributed by atoms with van der Waals surface area (Å²) in [5.41, 5.74) is 1.40. The number of carbonyl (C=O) groups is 2. The minimum atomic E-state index is -3.67. The Bertz CT molecular complexity index is 1010. The van der Waals surface area contributed by atoms with Gasteiger partial charge >= 0.3 is 0 Å². The molecule has 1 fully saturated rings. The molecule has 1 heterocycles. The summed E-state index contributed by atoms with van der Waals surface area (Å²) in [5.74, 6) is -0.125. The van der Waals surface area contributed by atoms with E-state index in [4.69, 9.17) is 0 Å². The summed E-state index contributed by atoms with van der Waals surface area (Å²) < 4.78 is 27.4. The third-order valence-electron chi connectivity index (χ3n) is 5.74. The quantitative estimate of drug-likeness (QED) is 0.614. The number of likely N-dealkylation sites (N-methyl/N-ethyl adjacent to an activating group) is 1. The fourth-order valence-electron chi connectivity index (χ4n) is 3.74. The molecule has 166 valence electrons. The smallest absolute Gasteiger partial charge is 0.244 e. The first kappa shape index (κ1) is 23.1. The van der Waals surface area contributed by atoms with Gasteiger partial charge in [-0.2, -0.15) is 4.31 Å². The molecule has 1 atom stereocenters. The Balaban J connectivity index is 1.71. The number of ketones is 1. The molecule has 1 saturated heterocycles. The molecule has 3 rings (SSSR count). The maximum absolute atomic E-state index is 13.3. The number of Topliss-reactive ketones (excluding diaryl/α,β-unsaturated/α-hetero) is 1. The third kappa shape index (κ3) is 5.03. The molecule has 0 N–H and O–H groups in total. The fraction of sp³-hybridized carbons (Fsp3) is 0.391. The van der Waals surface area contributed by atoms with Crippen molar-refractivity contribution in [2.45, 2.75) is 24.8 Å². The second kappa shape index (κ2) is 9.72. The van der Waals surface area contributed by atoms with Crippen molar-refractivity contribution in [1.29, 1.82) is 0 Å². The highest BCUT2D eigenvalue weighted by Gasteiger charge is 2.34. The van der Waals surface area contributed by atoms with Crippen molar-refractivity contribution in [2.24, 2.45) is 0 Å². The lowest BCUT2D eigenvalue weighted by Gasteiger charge is -2.37. The maximum atomic E-state index is 13.3. The van der Waals surface area contributed by atoms with Crippen LogP contribution in [0.1, 0.15) is 35.8 Å². The number of piperazine rings is 1. The van der Waals surface area contributed by atoms with Crippen molar-refractivity contribution in [3.05, 3.63) is 65.7 Å². The standard InChI is InChI=1S/C23H29N3O4S/c1-4-24(3)22(20-8-6-5-7-9-20)23(28)25-14-16-26(17-15-25)31(29,30)21-12-10-19(11-13-21)18(2)27/h5-13,22H,4,14-17H2,1-3H3. The average Bonchev–Trinajstić information content (AvgIpc) is 2.79. The van der Waals surface area contributed by atoms with Crippen LogP contribution in [0.4, 0.5) is 0 Å². The lowest BCUT2D eigenvalue weighted by atomic mass is 10.0. The summed E-state index contributed by atoms with van der Waals surface area (Å²) in [6.45, 7) is 5.31. The van der Waals surface area contributed by atoms with Gasteiger partial charge in [0.15, 0.2) is 5.78 Å². The molecule has 0 bridgehead atoms. The van der Waals surface area contributed by atoms with E-state index in [-0.39, 0.29) is 29.7 Å². The van der Waals surface area contributed by atoms with Gasteiger partial charge in [-0.15, -0.1) is 0 Å². The fourth-order valence-corrected chi connectivity index (χ4v) is 5.16. The number of hydrogen-bond acceptors (Lipinski definition) is 5. The molecule has 8 heteroatoms. The van der Waals surface area contributed by atoms with Crippen LogP contribution < -0.4 is 0 Å². The Kier molecular flexibility index (Phi) is 7.25. The van der Waals surface area contributed by atoms with Gasteiger partial charge in [0.05, 0.1) is 4.90 Å². The van der Waals surface area contributed by atoms with Crippen LogP contribution in [-0.4, -0.2) is 74.0 Å². The number of amides is 1. The molecule has 7 nitrogen and oxygen atoms in total. The van der Waals surface area contributed by atoms with E-state index in [9.17, 15) is 18.0 Å². The molecule has 1 amide bonds. The predicted octanol–water partition coefficient (Wildman–Crippen LogP) is 2.42. The Labute approximate surface area is 184 Å².